The molecule has 0 spiro atoms. The maximum atomic E-state index is 11.3. The van der Waals surface area contributed by atoms with Gasteiger partial charge in [-0.25, -0.2) is 4.98 Å². The molecule has 1 aromatic heterocycles. The van der Waals surface area contributed by atoms with Crippen molar-refractivity contribution in [2.24, 2.45) is 17.4 Å². The molecular formula is C11H17N5O2. The van der Waals surface area contributed by atoms with Gasteiger partial charge in [0.1, 0.15) is 11.7 Å². The summed E-state index contributed by atoms with van der Waals surface area (Å²) in [6.45, 7) is 3.66. The number of hydrogen-bond donors (Lipinski definition) is 4. The molecule has 0 fully saturated rings. The molecule has 7 N–H and O–H groups in total. The molecule has 1 aromatic rings. The van der Waals surface area contributed by atoms with Crippen LogP contribution < -0.4 is 22.5 Å². The molecule has 0 saturated heterocycles. The second kappa shape index (κ2) is 5.35. The van der Waals surface area contributed by atoms with Crippen LogP contribution in [0.25, 0.3) is 0 Å². The molecule has 7 heteroatoms. The van der Waals surface area contributed by atoms with E-state index in [1.807, 2.05) is 13.8 Å². The maximum Gasteiger partial charge on any atom is 0.267 e. The zero-order valence-corrected chi connectivity index (χ0v) is 10.3. The van der Waals surface area contributed by atoms with E-state index in [1.54, 1.807) is 0 Å². The van der Waals surface area contributed by atoms with Crippen LogP contribution in [0.3, 0.4) is 0 Å². The predicted molar refractivity (Wildman–Crippen MR) is 68.6 cm³/mol. The molecule has 7 nitrogen and oxygen atoms in total. The molecule has 0 aliphatic rings. The van der Waals surface area contributed by atoms with Crippen molar-refractivity contribution in [2.75, 3.05) is 11.1 Å². The van der Waals surface area contributed by atoms with Crippen molar-refractivity contribution in [3.05, 3.63) is 17.8 Å². The van der Waals surface area contributed by atoms with E-state index in [2.05, 4.69) is 10.3 Å². The second-order valence-corrected chi connectivity index (χ2v) is 4.27. The van der Waals surface area contributed by atoms with E-state index >= 15 is 0 Å². The molecule has 0 aromatic carbocycles. The first-order chi connectivity index (χ1) is 8.32. The van der Waals surface area contributed by atoms with E-state index in [0.29, 0.717) is 5.69 Å². The summed E-state index contributed by atoms with van der Waals surface area (Å²) in [6.07, 6.45) is 0. The standard InChI is InChI=1S/C11H17N5O2/c1-5(2)8(10(14)18)16-11-6(12)3-4-7(15-11)9(13)17/h3-5,8H,12H2,1-2H3,(H2,13,17)(H2,14,18)(H,15,16). The van der Waals surface area contributed by atoms with Crippen LogP contribution in [-0.4, -0.2) is 22.8 Å². The van der Waals surface area contributed by atoms with Gasteiger partial charge in [0.25, 0.3) is 5.91 Å². The Morgan fingerprint density at radius 3 is 2.33 bits per heavy atom. The number of aromatic nitrogens is 1. The van der Waals surface area contributed by atoms with Crippen molar-refractivity contribution >= 4 is 23.3 Å². The van der Waals surface area contributed by atoms with E-state index in [0.717, 1.165) is 0 Å². The third kappa shape index (κ3) is 3.09. The third-order valence-corrected chi connectivity index (χ3v) is 2.44. The molecule has 0 bridgehead atoms. The lowest BCUT2D eigenvalue weighted by molar-refractivity contribution is -0.119. The summed E-state index contributed by atoms with van der Waals surface area (Å²) in [4.78, 5) is 26.3. The Labute approximate surface area is 105 Å². The topological polar surface area (TPSA) is 137 Å². The monoisotopic (exact) mass is 251 g/mol. The van der Waals surface area contributed by atoms with Crippen LogP contribution in [0, 0.1) is 5.92 Å². The SMILES string of the molecule is CC(C)C(Nc1nc(C(N)=O)ccc1N)C(N)=O. The predicted octanol–water partition coefficient (Wildman–Crippen LogP) is -0.315. The summed E-state index contributed by atoms with van der Waals surface area (Å²) < 4.78 is 0. The van der Waals surface area contributed by atoms with E-state index < -0.39 is 17.9 Å². The summed E-state index contributed by atoms with van der Waals surface area (Å²) in [7, 11) is 0. The van der Waals surface area contributed by atoms with Gasteiger partial charge in [0, 0.05) is 0 Å². The van der Waals surface area contributed by atoms with Gasteiger partial charge in [-0.2, -0.15) is 0 Å². The molecular weight excluding hydrogens is 234 g/mol. The minimum atomic E-state index is -0.668. The van der Waals surface area contributed by atoms with E-state index in [9.17, 15) is 9.59 Å². The lowest BCUT2D eigenvalue weighted by Gasteiger charge is -2.20. The molecule has 0 aliphatic heterocycles. The lowest BCUT2D eigenvalue weighted by Crippen LogP contribution is -2.40. The lowest BCUT2D eigenvalue weighted by atomic mass is 10.0. The summed E-state index contributed by atoms with van der Waals surface area (Å²) in [6, 6.07) is 2.29. The van der Waals surface area contributed by atoms with Crippen LogP contribution in [-0.2, 0) is 4.79 Å². The van der Waals surface area contributed by atoms with Crippen molar-refractivity contribution in [2.45, 2.75) is 19.9 Å². The van der Waals surface area contributed by atoms with Gasteiger partial charge in [0.2, 0.25) is 5.91 Å². The number of pyridine rings is 1. The van der Waals surface area contributed by atoms with Gasteiger partial charge in [-0.3, -0.25) is 9.59 Å². The highest BCUT2D eigenvalue weighted by atomic mass is 16.1. The summed E-state index contributed by atoms with van der Waals surface area (Å²) in [5, 5.41) is 2.82. The number of carbonyl (C=O) groups is 2. The zero-order chi connectivity index (χ0) is 13.9. The Hall–Kier alpha value is -2.31. The minimum Gasteiger partial charge on any atom is -0.396 e. The van der Waals surface area contributed by atoms with Crippen molar-refractivity contribution in [3.63, 3.8) is 0 Å². The van der Waals surface area contributed by atoms with Crippen LogP contribution in [0.5, 0.6) is 0 Å². The number of nitrogen functional groups attached to an aromatic ring is 1. The fraction of sp³-hybridized carbons (Fsp3) is 0.364. The van der Waals surface area contributed by atoms with Gasteiger partial charge in [-0.15, -0.1) is 0 Å². The first kappa shape index (κ1) is 13.8. The van der Waals surface area contributed by atoms with Crippen molar-refractivity contribution in [1.82, 2.24) is 4.98 Å². The summed E-state index contributed by atoms with van der Waals surface area (Å²) in [5.74, 6) is -1.00. The smallest absolute Gasteiger partial charge is 0.267 e. The highest BCUT2D eigenvalue weighted by Crippen LogP contribution is 2.18. The first-order valence-electron chi connectivity index (χ1n) is 5.45. The van der Waals surface area contributed by atoms with Crippen LogP contribution in [0.4, 0.5) is 11.5 Å². The third-order valence-electron chi connectivity index (χ3n) is 2.44. The Kier molecular flexibility index (Phi) is 4.09. The molecule has 1 rings (SSSR count). The number of amides is 2. The van der Waals surface area contributed by atoms with Crippen LogP contribution in [0.2, 0.25) is 0 Å². The molecule has 98 valence electrons. The maximum absolute atomic E-state index is 11.3. The zero-order valence-electron chi connectivity index (χ0n) is 10.3. The van der Waals surface area contributed by atoms with Gasteiger partial charge in [0.05, 0.1) is 5.69 Å². The summed E-state index contributed by atoms with van der Waals surface area (Å²) in [5.41, 5.74) is 16.5. The number of rotatable bonds is 5. The molecule has 1 heterocycles. The van der Waals surface area contributed by atoms with Crippen LogP contribution in [0.1, 0.15) is 24.3 Å². The van der Waals surface area contributed by atoms with E-state index in [-0.39, 0.29) is 17.4 Å². The number of nitrogens with two attached hydrogens (primary N) is 3. The molecule has 0 aliphatic carbocycles. The first-order valence-corrected chi connectivity index (χ1v) is 5.45. The van der Waals surface area contributed by atoms with E-state index in [1.165, 1.54) is 12.1 Å². The Morgan fingerprint density at radius 2 is 1.89 bits per heavy atom. The number of carbonyl (C=O) groups excluding carboxylic acids is 2. The normalized spacial score (nSPS) is 12.2. The van der Waals surface area contributed by atoms with Gasteiger partial charge in [-0.05, 0) is 18.1 Å². The van der Waals surface area contributed by atoms with Gasteiger partial charge < -0.3 is 22.5 Å². The van der Waals surface area contributed by atoms with Crippen molar-refractivity contribution < 1.29 is 9.59 Å². The van der Waals surface area contributed by atoms with Crippen LogP contribution >= 0.6 is 0 Å². The fourth-order valence-corrected chi connectivity index (χ4v) is 1.44. The highest BCUT2D eigenvalue weighted by Gasteiger charge is 2.21. The number of nitrogens with one attached hydrogen (secondary N) is 1. The second-order valence-electron chi connectivity index (χ2n) is 4.27. The molecule has 1 atom stereocenters. The number of nitrogens with zero attached hydrogens (tertiary/aromatic N) is 1. The van der Waals surface area contributed by atoms with Crippen molar-refractivity contribution in [1.29, 1.82) is 0 Å². The molecule has 1 unspecified atom stereocenters. The van der Waals surface area contributed by atoms with Gasteiger partial charge in [0.15, 0.2) is 5.82 Å². The highest BCUT2D eigenvalue weighted by molar-refractivity contribution is 5.92. The quantitative estimate of drug-likeness (QED) is 0.568. The summed E-state index contributed by atoms with van der Waals surface area (Å²) >= 11 is 0. The van der Waals surface area contributed by atoms with Crippen LogP contribution in [0.15, 0.2) is 12.1 Å². The number of anilines is 2. The number of primary amides is 2. The molecule has 2 amide bonds. The molecule has 18 heavy (non-hydrogen) atoms. The Balaban J connectivity index is 3.05. The average molecular weight is 251 g/mol. The Morgan fingerprint density at radius 1 is 1.28 bits per heavy atom. The molecule has 0 radical (unpaired) electrons. The molecule has 0 saturated carbocycles. The fourth-order valence-electron chi connectivity index (χ4n) is 1.44. The number of hydrogen-bond acceptors (Lipinski definition) is 5. The average Bonchev–Trinajstić information content (AvgIpc) is 2.26. The largest absolute Gasteiger partial charge is 0.396 e. The van der Waals surface area contributed by atoms with Gasteiger partial charge in [-0.1, -0.05) is 13.8 Å². The van der Waals surface area contributed by atoms with Gasteiger partial charge >= 0.3 is 0 Å². The Bertz CT molecular complexity index is 473. The minimum absolute atomic E-state index is 0.0408. The van der Waals surface area contributed by atoms with Crippen molar-refractivity contribution in [3.8, 4) is 0 Å². The van der Waals surface area contributed by atoms with E-state index in [4.69, 9.17) is 17.2 Å².